The number of halogens is 2. The maximum Gasteiger partial charge on any atom is 0.219 e. The molecule has 2 aliphatic rings. The molecule has 29 heavy (non-hydrogen) atoms. The van der Waals surface area contributed by atoms with Crippen molar-refractivity contribution < 1.29 is 14.3 Å². The van der Waals surface area contributed by atoms with Gasteiger partial charge >= 0.3 is 0 Å². The number of nitrogens with zero attached hydrogens (tertiary/aromatic N) is 2. The van der Waals surface area contributed by atoms with Crippen molar-refractivity contribution >= 4 is 23.2 Å². The van der Waals surface area contributed by atoms with Gasteiger partial charge in [-0.1, -0.05) is 29.8 Å². The van der Waals surface area contributed by atoms with Crippen LogP contribution in [0.5, 0.6) is 5.75 Å². The normalized spacial score (nSPS) is 21.1. The molecule has 1 atom stereocenters. The number of hydrogen-bond acceptors (Lipinski definition) is 4. The fourth-order valence-corrected chi connectivity index (χ4v) is 4.36. The van der Waals surface area contributed by atoms with E-state index in [0.717, 1.165) is 11.3 Å². The summed E-state index contributed by atoms with van der Waals surface area (Å²) in [6.45, 7) is 2.79. The minimum atomic E-state index is -0.548. The molecule has 1 spiro atoms. The number of hydrogen-bond donors (Lipinski definition) is 2. The number of piperidine rings is 1. The van der Waals surface area contributed by atoms with Gasteiger partial charge in [-0.3, -0.25) is 15.1 Å². The predicted molar refractivity (Wildman–Crippen MR) is 111 cm³/mol. The highest BCUT2D eigenvalue weighted by atomic mass is 35.5. The van der Waals surface area contributed by atoms with Gasteiger partial charge in [-0.05, 0) is 29.8 Å². The molecule has 7 heteroatoms. The van der Waals surface area contributed by atoms with Crippen molar-refractivity contribution in [2.45, 2.75) is 37.9 Å². The number of rotatable bonds is 2. The number of para-hydroxylation sites is 1. The zero-order chi connectivity index (χ0) is 20.6. The number of phenolic OH excluding ortho intramolecular Hbond substituents is 1. The van der Waals surface area contributed by atoms with Crippen molar-refractivity contribution in [3.8, 4) is 5.75 Å². The summed E-state index contributed by atoms with van der Waals surface area (Å²) in [5, 5.41) is 14.1. The lowest BCUT2D eigenvalue weighted by atomic mass is 9.87. The highest BCUT2D eigenvalue weighted by Gasteiger charge is 2.40. The highest BCUT2D eigenvalue weighted by Crippen LogP contribution is 2.37. The second kappa shape index (κ2) is 7.76. The Morgan fingerprint density at radius 1 is 1.28 bits per heavy atom. The smallest absolute Gasteiger partial charge is 0.219 e. The van der Waals surface area contributed by atoms with E-state index in [2.05, 4.69) is 5.32 Å². The average molecular weight is 416 g/mol. The van der Waals surface area contributed by atoms with Gasteiger partial charge in [0.15, 0.2) is 0 Å². The lowest BCUT2D eigenvalue weighted by Crippen LogP contribution is -2.56. The molecule has 0 aliphatic carbocycles. The summed E-state index contributed by atoms with van der Waals surface area (Å²) in [5.41, 5.74) is 1.81. The van der Waals surface area contributed by atoms with E-state index in [9.17, 15) is 14.3 Å². The summed E-state index contributed by atoms with van der Waals surface area (Å²) in [7, 11) is 0. The lowest BCUT2D eigenvalue weighted by molar-refractivity contribution is -0.130. The van der Waals surface area contributed by atoms with E-state index in [-0.39, 0.29) is 22.7 Å². The van der Waals surface area contributed by atoms with Crippen LogP contribution in [-0.2, 0) is 4.79 Å². The number of aromatic hydroxyl groups is 1. The van der Waals surface area contributed by atoms with Crippen LogP contribution in [0.4, 0.5) is 4.39 Å². The first-order valence-electron chi connectivity index (χ1n) is 9.72. The van der Waals surface area contributed by atoms with Gasteiger partial charge in [0.25, 0.3) is 0 Å². The number of carbonyl (C=O) groups excluding carboxylic acids is 1. The van der Waals surface area contributed by atoms with Gasteiger partial charge in [-0.25, -0.2) is 4.39 Å². The quantitative estimate of drug-likeness (QED) is 0.777. The third-order valence-corrected chi connectivity index (χ3v) is 6.08. The first-order valence-corrected chi connectivity index (χ1v) is 10.1. The Balaban J connectivity index is 1.72. The summed E-state index contributed by atoms with van der Waals surface area (Å²) in [6, 6.07) is 11.7. The second-order valence-corrected chi connectivity index (χ2v) is 8.10. The number of amides is 1. The summed E-state index contributed by atoms with van der Waals surface area (Å²) >= 11 is 6.03. The lowest BCUT2D eigenvalue weighted by Gasteiger charge is -2.45. The molecule has 1 unspecified atom stereocenters. The van der Waals surface area contributed by atoms with Gasteiger partial charge in [0, 0.05) is 56.6 Å². The molecule has 2 N–H and O–H groups in total. The Hall–Kier alpha value is -2.44. The van der Waals surface area contributed by atoms with Crippen LogP contribution in [0.15, 0.2) is 47.5 Å². The SMILES string of the molecule is CC(=O)N1CCC2(CC1)N=C(c1ccccc1O)CC(c1ccc(F)c(Cl)c1)N2. The van der Waals surface area contributed by atoms with Gasteiger partial charge in [-0.2, -0.15) is 0 Å². The number of nitrogens with one attached hydrogen (secondary N) is 1. The number of benzene rings is 2. The fraction of sp³-hybridized carbons (Fsp3) is 0.364. The van der Waals surface area contributed by atoms with Crippen LogP contribution in [-0.4, -0.2) is 40.4 Å². The Labute approximate surface area is 174 Å². The van der Waals surface area contributed by atoms with Crippen LogP contribution >= 0.6 is 11.6 Å². The third kappa shape index (κ3) is 4.00. The van der Waals surface area contributed by atoms with E-state index < -0.39 is 11.5 Å². The number of likely N-dealkylation sites (tertiary alicyclic amines) is 1. The topological polar surface area (TPSA) is 64.9 Å². The van der Waals surface area contributed by atoms with Crippen LogP contribution in [0.3, 0.4) is 0 Å². The molecular formula is C22H23ClFN3O2. The largest absolute Gasteiger partial charge is 0.507 e. The molecule has 5 nitrogen and oxygen atoms in total. The molecule has 2 aliphatic heterocycles. The second-order valence-electron chi connectivity index (χ2n) is 7.69. The number of carbonyl (C=O) groups is 1. The van der Waals surface area contributed by atoms with E-state index in [1.54, 1.807) is 31.2 Å². The molecule has 0 bridgehead atoms. The Bertz CT molecular complexity index is 970. The summed E-state index contributed by atoms with van der Waals surface area (Å²) in [4.78, 5) is 18.6. The molecule has 1 amide bonds. The Morgan fingerprint density at radius 2 is 2.00 bits per heavy atom. The van der Waals surface area contributed by atoms with Gasteiger partial charge in [0.05, 0.1) is 5.02 Å². The number of phenols is 1. The van der Waals surface area contributed by atoms with Gasteiger partial charge in [0.2, 0.25) is 5.91 Å². The highest BCUT2D eigenvalue weighted by molar-refractivity contribution is 6.30. The molecule has 152 valence electrons. The molecule has 2 aromatic rings. The van der Waals surface area contributed by atoms with Crippen LogP contribution in [0.25, 0.3) is 0 Å². The van der Waals surface area contributed by atoms with E-state index in [1.165, 1.54) is 6.07 Å². The average Bonchev–Trinajstić information content (AvgIpc) is 2.70. The molecule has 2 aromatic carbocycles. The minimum Gasteiger partial charge on any atom is -0.507 e. The van der Waals surface area contributed by atoms with Gasteiger partial charge < -0.3 is 10.0 Å². The molecule has 0 aromatic heterocycles. The van der Waals surface area contributed by atoms with Crippen molar-refractivity contribution in [2.24, 2.45) is 4.99 Å². The van der Waals surface area contributed by atoms with Gasteiger partial charge in [-0.15, -0.1) is 0 Å². The van der Waals surface area contributed by atoms with Gasteiger partial charge in [0.1, 0.15) is 17.2 Å². The molecule has 0 saturated carbocycles. The van der Waals surface area contributed by atoms with Crippen molar-refractivity contribution in [3.63, 3.8) is 0 Å². The van der Waals surface area contributed by atoms with E-state index in [0.29, 0.717) is 37.9 Å². The molecule has 4 rings (SSSR count). The molecular weight excluding hydrogens is 393 g/mol. The Kier molecular flexibility index (Phi) is 5.32. The third-order valence-electron chi connectivity index (χ3n) is 5.79. The van der Waals surface area contributed by atoms with Crippen molar-refractivity contribution in [2.75, 3.05) is 13.1 Å². The first-order chi connectivity index (χ1) is 13.9. The zero-order valence-electron chi connectivity index (χ0n) is 16.2. The van der Waals surface area contributed by atoms with Crippen LogP contribution in [0, 0.1) is 5.82 Å². The predicted octanol–water partition coefficient (Wildman–Crippen LogP) is 4.05. The Morgan fingerprint density at radius 3 is 2.66 bits per heavy atom. The summed E-state index contributed by atoms with van der Waals surface area (Å²) in [5.74, 6) is -0.215. The van der Waals surface area contributed by atoms with Crippen molar-refractivity contribution in [1.82, 2.24) is 10.2 Å². The zero-order valence-corrected chi connectivity index (χ0v) is 16.9. The summed E-state index contributed by atoms with van der Waals surface area (Å²) < 4.78 is 13.7. The molecule has 0 radical (unpaired) electrons. The maximum atomic E-state index is 13.7. The standard InChI is InChI=1S/C22H23ClFN3O2/c1-14(28)27-10-8-22(9-11-27)25-19(15-6-7-18(24)17(23)12-15)13-20(26-22)16-4-2-3-5-21(16)29/h2-7,12,19,25,29H,8-11,13H2,1H3. The summed E-state index contributed by atoms with van der Waals surface area (Å²) in [6.07, 6.45) is 1.86. The van der Waals surface area contributed by atoms with Crippen molar-refractivity contribution in [3.05, 3.63) is 64.4 Å². The molecule has 2 heterocycles. The molecule has 1 saturated heterocycles. The van der Waals surface area contributed by atoms with E-state index >= 15 is 0 Å². The fourth-order valence-electron chi connectivity index (χ4n) is 4.17. The maximum absolute atomic E-state index is 13.7. The molecule has 1 fully saturated rings. The van der Waals surface area contributed by atoms with E-state index in [4.69, 9.17) is 16.6 Å². The van der Waals surface area contributed by atoms with Crippen LogP contribution < -0.4 is 5.32 Å². The monoisotopic (exact) mass is 415 g/mol. The number of aliphatic imine (C=N–C) groups is 1. The minimum absolute atomic E-state index is 0.0578. The van der Waals surface area contributed by atoms with Crippen molar-refractivity contribution in [1.29, 1.82) is 0 Å². The van der Waals surface area contributed by atoms with E-state index in [1.807, 2.05) is 17.0 Å². The van der Waals surface area contributed by atoms with Crippen LogP contribution in [0.1, 0.15) is 43.4 Å². The van der Waals surface area contributed by atoms with Crippen LogP contribution in [0.2, 0.25) is 5.02 Å². The first kappa shape index (κ1) is 19.9.